The monoisotopic (exact) mass is 676 g/mol. The van der Waals surface area contributed by atoms with Gasteiger partial charge in [-0.05, 0) is 78.4 Å². The first-order chi connectivity index (χ1) is 23.5. The van der Waals surface area contributed by atoms with E-state index in [1.807, 2.05) is 44.6 Å². The van der Waals surface area contributed by atoms with E-state index in [1.54, 1.807) is 6.07 Å². The number of nitrogens with one attached hydrogen (secondary N) is 1. The molecule has 4 aliphatic heterocycles. The Labute approximate surface area is 286 Å². The van der Waals surface area contributed by atoms with Gasteiger partial charge >= 0.3 is 12.1 Å². The quantitative estimate of drug-likeness (QED) is 0.352. The van der Waals surface area contributed by atoms with Gasteiger partial charge in [0.25, 0.3) is 0 Å². The lowest BCUT2D eigenvalue weighted by atomic mass is 9.73. The molecule has 3 fully saturated rings. The van der Waals surface area contributed by atoms with E-state index in [2.05, 4.69) is 22.0 Å². The molecule has 0 aliphatic carbocycles. The zero-order chi connectivity index (χ0) is 34.5. The molecule has 7 rings (SSSR count). The van der Waals surface area contributed by atoms with Gasteiger partial charge in [0, 0.05) is 37.6 Å². The second-order valence-corrected chi connectivity index (χ2v) is 14.9. The van der Waals surface area contributed by atoms with Crippen LogP contribution in [0.25, 0.3) is 11.2 Å². The predicted molar refractivity (Wildman–Crippen MR) is 182 cm³/mol. The van der Waals surface area contributed by atoms with Crippen LogP contribution in [0, 0.1) is 5.41 Å². The summed E-state index contributed by atoms with van der Waals surface area (Å²) in [6, 6.07) is 3.49. The molecular formula is C35H48N8O6. The first-order valence-corrected chi connectivity index (χ1v) is 17.6. The molecule has 49 heavy (non-hydrogen) atoms. The molecule has 0 aromatic carbocycles. The van der Waals surface area contributed by atoms with Crippen LogP contribution in [-0.2, 0) is 18.9 Å². The van der Waals surface area contributed by atoms with E-state index in [0.29, 0.717) is 35.9 Å². The summed E-state index contributed by atoms with van der Waals surface area (Å²) in [5.74, 6) is 1.20. The number of fused-ring (bicyclic) bond motifs is 2. The number of piperidine rings is 1. The maximum atomic E-state index is 12.8. The molecule has 0 bridgehead atoms. The van der Waals surface area contributed by atoms with Crippen LogP contribution in [0.3, 0.4) is 0 Å². The van der Waals surface area contributed by atoms with Crippen LogP contribution in [0.2, 0.25) is 0 Å². The number of ether oxygens (including phenoxy) is 4. The third kappa shape index (κ3) is 6.40. The summed E-state index contributed by atoms with van der Waals surface area (Å²) >= 11 is 0. The van der Waals surface area contributed by atoms with Crippen molar-refractivity contribution in [2.75, 3.05) is 49.8 Å². The van der Waals surface area contributed by atoms with Crippen molar-refractivity contribution in [2.24, 2.45) is 5.41 Å². The predicted octanol–water partition coefficient (Wildman–Crippen LogP) is 5.25. The average molecular weight is 677 g/mol. The first-order valence-electron chi connectivity index (χ1n) is 17.6. The Morgan fingerprint density at radius 2 is 1.84 bits per heavy atom. The van der Waals surface area contributed by atoms with Gasteiger partial charge in [-0.15, -0.1) is 5.10 Å². The molecule has 4 atom stereocenters. The highest BCUT2D eigenvalue weighted by Crippen LogP contribution is 2.44. The Morgan fingerprint density at radius 3 is 2.55 bits per heavy atom. The minimum Gasteiger partial charge on any atom is -0.464 e. The van der Waals surface area contributed by atoms with E-state index in [0.717, 1.165) is 75.4 Å². The van der Waals surface area contributed by atoms with E-state index in [-0.39, 0.29) is 29.7 Å². The molecule has 3 aromatic rings. The van der Waals surface area contributed by atoms with Crippen molar-refractivity contribution in [1.82, 2.24) is 30.0 Å². The lowest BCUT2D eigenvalue weighted by molar-refractivity contribution is -0.0368. The molecule has 14 heteroatoms. The first kappa shape index (κ1) is 33.5. The average Bonchev–Trinajstić information content (AvgIpc) is 3.61. The Bertz CT molecular complexity index is 1710. The van der Waals surface area contributed by atoms with Crippen molar-refractivity contribution in [3.8, 4) is 0 Å². The molecule has 3 saturated heterocycles. The maximum absolute atomic E-state index is 12.8. The molecule has 264 valence electrons. The zero-order valence-electron chi connectivity index (χ0n) is 29.4. The van der Waals surface area contributed by atoms with Crippen LogP contribution in [0.5, 0.6) is 0 Å². The van der Waals surface area contributed by atoms with Gasteiger partial charge in [0.1, 0.15) is 17.1 Å². The van der Waals surface area contributed by atoms with Crippen molar-refractivity contribution < 1.29 is 28.5 Å². The topological polar surface area (TPSA) is 146 Å². The smallest absolute Gasteiger partial charge is 0.407 e. The molecule has 7 heterocycles. The zero-order valence-corrected chi connectivity index (χ0v) is 29.4. The highest BCUT2D eigenvalue weighted by Gasteiger charge is 2.50. The Kier molecular flexibility index (Phi) is 8.89. The van der Waals surface area contributed by atoms with E-state index >= 15 is 0 Å². The molecule has 1 N–H and O–H groups in total. The molecule has 1 spiro atoms. The summed E-state index contributed by atoms with van der Waals surface area (Å²) in [5, 5.41) is 8.27. The van der Waals surface area contributed by atoms with Gasteiger partial charge in [0.15, 0.2) is 23.2 Å². The normalized spacial score (nSPS) is 25.3. The van der Waals surface area contributed by atoms with Crippen molar-refractivity contribution in [3.05, 3.63) is 29.7 Å². The van der Waals surface area contributed by atoms with Gasteiger partial charge in [0.05, 0.1) is 43.4 Å². The van der Waals surface area contributed by atoms with Crippen molar-refractivity contribution in [1.29, 1.82) is 0 Å². The molecule has 1 amide bonds. The van der Waals surface area contributed by atoms with Crippen LogP contribution in [0.15, 0.2) is 18.3 Å². The maximum Gasteiger partial charge on any atom is 0.407 e. The molecule has 0 radical (unpaired) electrons. The van der Waals surface area contributed by atoms with Crippen molar-refractivity contribution in [3.63, 3.8) is 0 Å². The largest absolute Gasteiger partial charge is 0.464 e. The summed E-state index contributed by atoms with van der Waals surface area (Å²) in [6.07, 6.45) is 6.50. The summed E-state index contributed by atoms with van der Waals surface area (Å²) in [7, 11) is 1.37. The summed E-state index contributed by atoms with van der Waals surface area (Å²) in [5.41, 5.74) is 2.65. The van der Waals surface area contributed by atoms with Gasteiger partial charge in [-0.25, -0.2) is 29.2 Å². The van der Waals surface area contributed by atoms with Crippen LogP contribution in [0.1, 0.15) is 101 Å². The minimum atomic E-state index is -0.573. The van der Waals surface area contributed by atoms with Crippen LogP contribution >= 0.6 is 0 Å². The van der Waals surface area contributed by atoms with Crippen molar-refractivity contribution in [2.45, 2.75) is 103 Å². The lowest BCUT2D eigenvalue weighted by Crippen LogP contribution is -2.55. The number of esters is 1. The molecule has 3 aromatic heterocycles. The minimum absolute atomic E-state index is 0.108. The summed E-state index contributed by atoms with van der Waals surface area (Å²) in [6.45, 7) is 13.2. The van der Waals surface area contributed by atoms with Crippen LogP contribution < -0.4 is 15.1 Å². The van der Waals surface area contributed by atoms with E-state index < -0.39 is 17.7 Å². The second-order valence-electron chi connectivity index (χ2n) is 14.9. The Balaban J connectivity index is 1.18. The van der Waals surface area contributed by atoms with Gasteiger partial charge in [0.2, 0.25) is 0 Å². The number of anilines is 3. The number of amides is 1. The third-order valence-corrected chi connectivity index (χ3v) is 10.4. The van der Waals surface area contributed by atoms with Crippen molar-refractivity contribution >= 4 is 40.5 Å². The van der Waals surface area contributed by atoms with Crippen LogP contribution in [-0.4, -0.2) is 94.5 Å². The van der Waals surface area contributed by atoms with E-state index in [9.17, 15) is 9.59 Å². The highest BCUT2D eigenvalue weighted by molar-refractivity contribution is 5.90. The Hall–Kier alpha value is -4.04. The van der Waals surface area contributed by atoms with Gasteiger partial charge in [-0.2, -0.15) is 0 Å². The molecule has 4 aliphatic rings. The number of rotatable bonds is 5. The van der Waals surface area contributed by atoms with E-state index in [4.69, 9.17) is 39.0 Å². The SMILES string of the molecule is COC(=O)c1ccc2c(n1)[C@@H](C)CCN2c1nn(C2CCCCO2)c2nc(N3CCC4(CC3)CO[C@@H](C)[C@H]4NC(=O)OC(C)(C)C)cnc12. The number of carbonyl (C=O) groups is 2. The fourth-order valence-electron chi connectivity index (χ4n) is 7.74. The van der Waals surface area contributed by atoms with E-state index in [1.165, 1.54) is 7.11 Å². The van der Waals surface area contributed by atoms with Gasteiger partial charge in [-0.3, -0.25) is 0 Å². The van der Waals surface area contributed by atoms with Gasteiger partial charge < -0.3 is 34.1 Å². The van der Waals surface area contributed by atoms with Gasteiger partial charge in [-0.1, -0.05) is 6.92 Å². The molecule has 0 saturated carbocycles. The number of hydrogen-bond donors (Lipinski definition) is 1. The number of alkyl carbamates (subject to hydrolysis) is 1. The fraction of sp³-hybridized carbons (Fsp3) is 0.657. The molecule has 1 unspecified atom stereocenters. The number of methoxy groups -OCH3 is 1. The molecule has 14 nitrogen and oxygen atoms in total. The standard InChI is InChI=1S/C35H48N8O6/c1-21-12-15-42(24-11-10-23(32(44)46-6)37-27(21)24)31-28-30(43(40-31)26-9-7-8-18-47-26)38-25(19-36-28)41-16-13-35(14-17-41)20-48-22(2)29(35)39-33(45)49-34(3,4)5/h10-11,19,21-22,26,29H,7-9,12-18,20H2,1-6H3,(H,39,45)/t21-,22-,26?,29+/m0/s1. The molecular weight excluding hydrogens is 628 g/mol. The Morgan fingerprint density at radius 1 is 1.04 bits per heavy atom. The number of aromatic nitrogens is 5. The highest BCUT2D eigenvalue weighted by atomic mass is 16.6. The number of nitrogens with zero attached hydrogens (tertiary/aromatic N) is 7. The number of pyridine rings is 1. The number of carbonyl (C=O) groups excluding carboxylic acids is 2. The second kappa shape index (κ2) is 13.0. The fourth-order valence-corrected chi connectivity index (χ4v) is 7.74. The summed E-state index contributed by atoms with van der Waals surface area (Å²) < 4.78 is 24.8. The lowest BCUT2D eigenvalue weighted by Gasteiger charge is -2.42. The third-order valence-electron chi connectivity index (χ3n) is 10.4. The number of hydrogen-bond acceptors (Lipinski definition) is 12. The van der Waals surface area contributed by atoms with Crippen LogP contribution in [0.4, 0.5) is 22.1 Å². The summed E-state index contributed by atoms with van der Waals surface area (Å²) in [4.78, 5) is 44.4.